The molecule has 1 aliphatic heterocycles. The summed E-state index contributed by atoms with van der Waals surface area (Å²) in [6.45, 7) is 0. The van der Waals surface area contributed by atoms with Gasteiger partial charge in [-0.3, -0.25) is 4.79 Å². The van der Waals surface area contributed by atoms with Gasteiger partial charge in [0.05, 0.1) is 17.5 Å². The first kappa shape index (κ1) is 16.8. The minimum Gasteiger partial charge on any atom is -0.479 e. The van der Waals surface area contributed by atoms with Gasteiger partial charge in [0.15, 0.2) is 0 Å². The Hall–Kier alpha value is -1.64. The number of hydrogen-bond donors (Lipinski definition) is 3. The molecule has 0 bridgehead atoms. The number of thiophene rings is 1. The van der Waals surface area contributed by atoms with Crippen molar-refractivity contribution in [2.24, 2.45) is 11.7 Å². The van der Waals surface area contributed by atoms with E-state index < -0.39 is 11.4 Å². The summed E-state index contributed by atoms with van der Waals surface area (Å²) in [4.78, 5) is 16.5. The van der Waals surface area contributed by atoms with Gasteiger partial charge in [-0.1, -0.05) is 12.8 Å². The quantitative estimate of drug-likeness (QED) is 0.702. The van der Waals surface area contributed by atoms with Crippen molar-refractivity contribution in [3.8, 4) is 5.88 Å². The van der Waals surface area contributed by atoms with Crippen LogP contribution in [0.1, 0.15) is 46.5 Å². The first-order valence-electron chi connectivity index (χ1n) is 8.23. The molecule has 2 aromatic rings. The fourth-order valence-corrected chi connectivity index (χ4v) is 5.57. The van der Waals surface area contributed by atoms with Crippen molar-refractivity contribution in [2.45, 2.75) is 31.2 Å². The van der Waals surface area contributed by atoms with Gasteiger partial charge in [0.1, 0.15) is 5.69 Å². The lowest BCUT2D eigenvalue weighted by Crippen LogP contribution is -2.46. The molecule has 1 atom stereocenters. The summed E-state index contributed by atoms with van der Waals surface area (Å²) in [7, 11) is 1.61. The van der Waals surface area contributed by atoms with Crippen LogP contribution in [0, 0.1) is 5.92 Å². The molecule has 1 saturated carbocycles. The lowest BCUT2D eigenvalue weighted by atomic mass is 9.74. The highest BCUT2D eigenvalue weighted by molar-refractivity contribution is 9.10. The Bertz CT molecular complexity index is 834. The van der Waals surface area contributed by atoms with Crippen LogP contribution >= 0.6 is 27.3 Å². The fourth-order valence-electron chi connectivity index (χ4n) is 4.14. The van der Waals surface area contributed by atoms with Crippen molar-refractivity contribution in [1.29, 1.82) is 0 Å². The minimum atomic E-state index is -0.439. The molecule has 4 N–H and O–H groups in total. The molecule has 0 aromatic carbocycles. The third-order valence-corrected chi connectivity index (χ3v) is 6.78. The summed E-state index contributed by atoms with van der Waals surface area (Å²) in [5.41, 5.74) is 14.8. The second-order valence-electron chi connectivity index (χ2n) is 6.47. The monoisotopic (exact) mass is 422 g/mol. The third kappa shape index (κ3) is 2.46. The lowest BCUT2D eigenvalue weighted by Gasteiger charge is -2.36. The molecule has 3 heterocycles. The molecule has 8 heteroatoms. The van der Waals surface area contributed by atoms with Gasteiger partial charge in [-0.2, -0.15) is 0 Å². The number of methoxy groups -OCH3 is 1. The van der Waals surface area contributed by atoms with E-state index in [2.05, 4.69) is 31.8 Å². The first-order valence-corrected chi connectivity index (χ1v) is 9.90. The summed E-state index contributed by atoms with van der Waals surface area (Å²) < 4.78 is 6.36. The van der Waals surface area contributed by atoms with E-state index in [0.29, 0.717) is 16.7 Å². The first-order chi connectivity index (χ1) is 12.1. The maximum atomic E-state index is 11.6. The van der Waals surface area contributed by atoms with Crippen LogP contribution in [-0.4, -0.2) is 18.0 Å². The van der Waals surface area contributed by atoms with Crippen molar-refractivity contribution in [2.75, 3.05) is 12.5 Å². The Morgan fingerprint density at radius 3 is 2.88 bits per heavy atom. The van der Waals surface area contributed by atoms with Gasteiger partial charge in [-0.05, 0) is 51.7 Å². The number of aromatic nitrogens is 1. The van der Waals surface area contributed by atoms with E-state index >= 15 is 0 Å². The van der Waals surface area contributed by atoms with Crippen molar-refractivity contribution >= 4 is 38.9 Å². The minimum absolute atomic E-state index is 0.393. The van der Waals surface area contributed by atoms with E-state index in [9.17, 15) is 4.79 Å². The lowest BCUT2D eigenvalue weighted by molar-refractivity contribution is 0.100. The Morgan fingerprint density at radius 1 is 1.48 bits per heavy atom. The van der Waals surface area contributed by atoms with Gasteiger partial charge >= 0.3 is 0 Å². The predicted octanol–water partition coefficient (Wildman–Crippen LogP) is 3.38. The summed E-state index contributed by atoms with van der Waals surface area (Å²) in [6, 6.07) is 1.91. The number of fused-ring (bicyclic) bond motifs is 1. The fraction of sp³-hybridized carbons (Fsp3) is 0.412. The largest absolute Gasteiger partial charge is 0.479 e. The molecule has 1 fully saturated rings. The van der Waals surface area contributed by atoms with Gasteiger partial charge in [0.2, 0.25) is 5.88 Å². The molecule has 132 valence electrons. The summed E-state index contributed by atoms with van der Waals surface area (Å²) in [5, 5.41) is 2.03. The van der Waals surface area contributed by atoms with E-state index in [4.69, 9.17) is 10.5 Å². The molecule has 1 amide bonds. The summed E-state index contributed by atoms with van der Waals surface area (Å²) in [6.07, 6.45) is 6.42. The number of carbonyl (C=O) groups excluding carboxylic acids is 1. The average Bonchev–Trinajstić information content (AvgIpc) is 3.34. The zero-order valence-electron chi connectivity index (χ0n) is 13.8. The number of primary amides is 1. The number of ether oxygens (including phenoxy) is 1. The van der Waals surface area contributed by atoms with Gasteiger partial charge in [0, 0.05) is 16.2 Å². The molecule has 2 aliphatic rings. The summed E-state index contributed by atoms with van der Waals surface area (Å²) in [5.74, 6) is 0.561. The van der Waals surface area contributed by atoms with Gasteiger partial charge in [-0.15, -0.1) is 11.3 Å². The SMILES string of the molecule is COc1ncc(Br)c2c1NNC2(c1csc(C(N)=O)c1)C1CCCC1. The Balaban J connectivity index is 1.94. The third-order valence-electron chi connectivity index (χ3n) is 5.24. The normalized spacial score (nSPS) is 22.6. The zero-order chi connectivity index (χ0) is 17.6. The van der Waals surface area contributed by atoms with Gasteiger partial charge < -0.3 is 15.9 Å². The van der Waals surface area contributed by atoms with E-state index in [1.54, 1.807) is 13.3 Å². The number of pyridine rings is 1. The zero-order valence-corrected chi connectivity index (χ0v) is 16.2. The number of nitrogens with zero attached hydrogens (tertiary/aromatic N) is 1. The van der Waals surface area contributed by atoms with Gasteiger partial charge in [0.25, 0.3) is 5.91 Å². The number of amides is 1. The van der Waals surface area contributed by atoms with Crippen LogP contribution in [0.25, 0.3) is 0 Å². The van der Waals surface area contributed by atoms with E-state index in [-0.39, 0.29) is 0 Å². The highest BCUT2D eigenvalue weighted by Crippen LogP contribution is 2.54. The molecule has 0 saturated heterocycles. The Kier molecular flexibility index (Phi) is 4.21. The van der Waals surface area contributed by atoms with Crippen LogP contribution in [-0.2, 0) is 5.54 Å². The highest BCUT2D eigenvalue weighted by atomic mass is 79.9. The molecule has 0 spiro atoms. The second-order valence-corrected chi connectivity index (χ2v) is 8.23. The molecule has 4 rings (SSSR count). The number of carbonyl (C=O) groups is 1. The number of halogens is 1. The summed E-state index contributed by atoms with van der Waals surface area (Å²) >= 11 is 5.07. The molecule has 0 radical (unpaired) electrons. The number of rotatable bonds is 4. The van der Waals surface area contributed by atoms with Crippen LogP contribution in [0.5, 0.6) is 5.88 Å². The number of anilines is 1. The maximum absolute atomic E-state index is 11.6. The van der Waals surface area contributed by atoms with Crippen LogP contribution < -0.4 is 21.3 Å². The van der Waals surface area contributed by atoms with Crippen molar-refractivity contribution < 1.29 is 9.53 Å². The molecular weight excluding hydrogens is 404 g/mol. The second kappa shape index (κ2) is 6.26. The van der Waals surface area contributed by atoms with Crippen molar-refractivity contribution in [1.82, 2.24) is 10.4 Å². The average molecular weight is 423 g/mol. The topological polar surface area (TPSA) is 89.3 Å². The van der Waals surface area contributed by atoms with E-state index in [1.807, 2.05) is 11.4 Å². The number of nitrogens with one attached hydrogen (secondary N) is 2. The van der Waals surface area contributed by atoms with Crippen LogP contribution in [0.15, 0.2) is 22.1 Å². The van der Waals surface area contributed by atoms with Crippen LogP contribution in [0.3, 0.4) is 0 Å². The Labute approximate surface area is 158 Å². The standard InChI is InChI=1S/C17H19BrN4O2S/c1-24-16-14-13(11(18)7-20-16)17(22-21-14,9-4-2-3-5-9)10-6-12(15(19)23)25-8-10/h6-9,21-22H,2-5H2,1H3,(H2,19,23). The van der Waals surface area contributed by atoms with Crippen LogP contribution in [0.4, 0.5) is 5.69 Å². The molecule has 2 aromatic heterocycles. The van der Waals surface area contributed by atoms with Crippen LogP contribution in [0.2, 0.25) is 0 Å². The highest BCUT2D eigenvalue weighted by Gasteiger charge is 2.50. The molecule has 25 heavy (non-hydrogen) atoms. The number of nitrogens with two attached hydrogens (primary N) is 1. The molecule has 1 unspecified atom stereocenters. The van der Waals surface area contributed by atoms with E-state index in [1.165, 1.54) is 24.2 Å². The Morgan fingerprint density at radius 2 is 2.24 bits per heavy atom. The maximum Gasteiger partial charge on any atom is 0.258 e. The number of hydrogen-bond acceptors (Lipinski definition) is 6. The number of hydrazine groups is 1. The predicted molar refractivity (Wildman–Crippen MR) is 101 cm³/mol. The molecule has 6 nitrogen and oxygen atoms in total. The smallest absolute Gasteiger partial charge is 0.258 e. The van der Waals surface area contributed by atoms with Crippen molar-refractivity contribution in [3.05, 3.63) is 38.1 Å². The molecule has 1 aliphatic carbocycles. The van der Waals surface area contributed by atoms with Crippen molar-refractivity contribution in [3.63, 3.8) is 0 Å². The van der Waals surface area contributed by atoms with Gasteiger partial charge in [-0.25, -0.2) is 10.4 Å². The van der Waals surface area contributed by atoms with E-state index in [0.717, 1.165) is 34.1 Å². The molecular formula is C17H19BrN4O2S.